The lowest BCUT2D eigenvalue weighted by atomic mass is 10.2. The molecule has 0 spiro atoms. The molecule has 0 aliphatic rings. The summed E-state index contributed by atoms with van der Waals surface area (Å²) in [5, 5.41) is 15.1. The zero-order chi connectivity index (χ0) is 23.3. The minimum atomic E-state index is -0.465. The minimum Gasteiger partial charge on any atom is -0.494 e. The summed E-state index contributed by atoms with van der Waals surface area (Å²) in [4.78, 5) is 22.9. The van der Waals surface area contributed by atoms with Gasteiger partial charge in [0.2, 0.25) is 0 Å². The van der Waals surface area contributed by atoms with Crippen LogP contribution >= 0.6 is 0 Å². The van der Waals surface area contributed by atoms with Crippen LogP contribution in [0.5, 0.6) is 11.5 Å². The van der Waals surface area contributed by atoms with Crippen LogP contribution in [-0.4, -0.2) is 35.3 Å². The normalized spacial score (nSPS) is 10.9. The van der Waals surface area contributed by atoms with Gasteiger partial charge in [0.1, 0.15) is 11.5 Å². The Bertz CT molecular complexity index is 1170. The Balaban J connectivity index is 1.80. The van der Waals surface area contributed by atoms with Crippen LogP contribution in [0.4, 0.5) is 5.69 Å². The van der Waals surface area contributed by atoms with Gasteiger partial charge in [0, 0.05) is 28.6 Å². The molecule has 0 unspecified atom stereocenters. The van der Waals surface area contributed by atoms with Crippen molar-refractivity contribution < 1.29 is 19.2 Å². The molecule has 0 saturated heterocycles. The summed E-state index contributed by atoms with van der Waals surface area (Å²) in [6, 6.07) is 13.2. The first-order valence-electron chi connectivity index (χ1n) is 9.93. The molecule has 1 heterocycles. The first-order valence-corrected chi connectivity index (χ1v) is 9.93. The Kier molecular flexibility index (Phi) is 6.89. The second-order valence-electron chi connectivity index (χ2n) is 6.93. The van der Waals surface area contributed by atoms with Gasteiger partial charge in [-0.1, -0.05) is 0 Å². The summed E-state index contributed by atoms with van der Waals surface area (Å²) in [6.45, 7) is 6.25. The largest absolute Gasteiger partial charge is 0.494 e. The minimum absolute atomic E-state index is 0.0492. The van der Waals surface area contributed by atoms with Crippen LogP contribution < -0.4 is 14.9 Å². The number of hydrogen-bond acceptors (Lipinski definition) is 6. The first kappa shape index (κ1) is 22.5. The topological polar surface area (TPSA) is 108 Å². The summed E-state index contributed by atoms with van der Waals surface area (Å²) in [5.41, 5.74) is 6.12. The predicted molar refractivity (Wildman–Crippen MR) is 121 cm³/mol. The predicted octanol–water partition coefficient (Wildman–Crippen LogP) is 4.17. The lowest BCUT2D eigenvalue weighted by Crippen LogP contribution is -2.17. The standard InChI is InChI=1S/C23H24N4O5/c1-5-32-20-9-6-17(7-10-20)23(28)25-24-14-18-12-15(2)26(16(18)3)21-11-8-19(27(29)30)13-22(21)31-4/h6-14H,5H2,1-4H3,(H,25,28)/b24-14-. The lowest BCUT2D eigenvalue weighted by molar-refractivity contribution is -0.384. The maximum Gasteiger partial charge on any atom is 0.273 e. The summed E-state index contributed by atoms with van der Waals surface area (Å²) in [7, 11) is 1.47. The van der Waals surface area contributed by atoms with Gasteiger partial charge in [-0.3, -0.25) is 14.9 Å². The van der Waals surface area contributed by atoms with Crippen molar-refractivity contribution in [1.29, 1.82) is 0 Å². The number of ether oxygens (including phenoxy) is 2. The maximum absolute atomic E-state index is 12.3. The molecule has 9 heteroatoms. The summed E-state index contributed by atoms with van der Waals surface area (Å²) < 4.78 is 12.7. The Labute approximate surface area is 185 Å². The number of hydrazone groups is 1. The van der Waals surface area contributed by atoms with Gasteiger partial charge < -0.3 is 14.0 Å². The molecule has 3 aromatic rings. The van der Waals surface area contributed by atoms with Crippen LogP contribution in [0, 0.1) is 24.0 Å². The fraction of sp³-hybridized carbons (Fsp3) is 0.217. The van der Waals surface area contributed by atoms with E-state index < -0.39 is 4.92 Å². The second-order valence-corrected chi connectivity index (χ2v) is 6.93. The molecule has 9 nitrogen and oxygen atoms in total. The summed E-state index contributed by atoms with van der Waals surface area (Å²) >= 11 is 0. The molecule has 0 saturated carbocycles. The van der Waals surface area contributed by atoms with E-state index in [1.165, 1.54) is 19.2 Å². The maximum atomic E-state index is 12.3. The SMILES string of the molecule is CCOc1ccc(C(=O)N/N=C\c2cc(C)n(-c3ccc([N+](=O)[O-])cc3OC)c2C)cc1. The Hall–Kier alpha value is -4.14. The van der Waals surface area contributed by atoms with Gasteiger partial charge in [-0.05, 0) is 57.2 Å². The number of methoxy groups -OCH3 is 1. The van der Waals surface area contributed by atoms with Crippen LogP contribution in [0.1, 0.15) is 34.2 Å². The third-order valence-corrected chi connectivity index (χ3v) is 4.88. The van der Waals surface area contributed by atoms with E-state index in [0.29, 0.717) is 29.4 Å². The summed E-state index contributed by atoms with van der Waals surface area (Å²) in [5.74, 6) is 0.741. The molecule has 3 rings (SSSR count). The van der Waals surface area contributed by atoms with Gasteiger partial charge in [0.05, 0.1) is 36.6 Å². The zero-order valence-electron chi connectivity index (χ0n) is 18.3. The molecule has 0 bridgehead atoms. The molecule has 0 atom stereocenters. The van der Waals surface area contributed by atoms with E-state index in [-0.39, 0.29) is 11.6 Å². The number of aryl methyl sites for hydroxylation is 1. The van der Waals surface area contributed by atoms with Gasteiger partial charge in [0.25, 0.3) is 11.6 Å². The third-order valence-electron chi connectivity index (χ3n) is 4.88. The number of non-ortho nitro benzene ring substituents is 1. The quantitative estimate of drug-likeness (QED) is 0.324. The molecule has 1 amide bonds. The van der Waals surface area contributed by atoms with Crippen LogP contribution in [0.2, 0.25) is 0 Å². The molecule has 0 aliphatic heterocycles. The number of benzene rings is 2. The van der Waals surface area contributed by atoms with Gasteiger partial charge in [-0.25, -0.2) is 5.43 Å². The zero-order valence-corrected chi connectivity index (χ0v) is 18.3. The number of amides is 1. The van der Waals surface area contributed by atoms with E-state index in [2.05, 4.69) is 10.5 Å². The number of nitrogens with zero attached hydrogens (tertiary/aromatic N) is 3. The number of carbonyl (C=O) groups is 1. The van der Waals surface area contributed by atoms with Gasteiger partial charge in [-0.2, -0.15) is 5.10 Å². The number of rotatable bonds is 8. The fourth-order valence-corrected chi connectivity index (χ4v) is 3.35. The van der Waals surface area contributed by atoms with Crippen molar-refractivity contribution in [3.8, 4) is 17.2 Å². The van der Waals surface area contributed by atoms with Crippen molar-refractivity contribution in [1.82, 2.24) is 9.99 Å². The highest BCUT2D eigenvalue weighted by atomic mass is 16.6. The molecule has 1 N–H and O–H groups in total. The van der Waals surface area contributed by atoms with E-state index in [1.54, 1.807) is 36.5 Å². The van der Waals surface area contributed by atoms with Crippen LogP contribution in [0.15, 0.2) is 53.6 Å². The highest BCUT2D eigenvalue weighted by molar-refractivity contribution is 5.95. The van der Waals surface area contributed by atoms with Crippen molar-refractivity contribution in [2.24, 2.45) is 5.10 Å². The van der Waals surface area contributed by atoms with Gasteiger partial charge >= 0.3 is 0 Å². The Morgan fingerprint density at radius 1 is 1.19 bits per heavy atom. The van der Waals surface area contributed by atoms with Crippen LogP contribution in [-0.2, 0) is 0 Å². The lowest BCUT2D eigenvalue weighted by Gasteiger charge is -2.13. The molecular weight excluding hydrogens is 412 g/mol. The van der Waals surface area contributed by atoms with Crippen LogP contribution in [0.25, 0.3) is 5.69 Å². The average molecular weight is 436 g/mol. The molecule has 0 aliphatic carbocycles. The number of aromatic nitrogens is 1. The number of carbonyl (C=O) groups excluding carboxylic acids is 1. The molecule has 0 radical (unpaired) electrons. The molecule has 1 aromatic heterocycles. The highest BCUT2D eigenvalue weighted by Gasteiger charge is 2.17. The molecule has 0 fully saturated rings. The monoisotopic (exact) mass is 436 g/mol. The first-order chi connectivity index (χ1) is 15.3. The van der Waals surface area contributed by atoms with E-state index in [4.69, 9.17) is 9.47 Å². The van der Waals surface area contributed by atoms with E-state index in [1.807, 2.05) is 31.4 Å². The molecule has 32 heavy (non-hydrogen) atoms. The Morgan fingerprint density at radius 3 is 2.53 bits per heavy atom. The number of hydrogen-bond donors (Lipinski definition) is 1. The smallest absolute Gasteiger partial charge is 0.273 e. The average Bonchev–Trinajstić information content (AvgIpc) is 3.06. The van der Waals surface area contributed by atoms with Crippen molar-refractivity contribution >= 4 is 17.8 Å². The van der Waals surface area contributed by atoms with Crippen molar-refractivity contribution in [3.63, 3.8) is 0 Å². The highest BCUT2D eigenvalue weighted by Crippen LogP contribution is 2.31. The van der Waals surface area contributed by atoms with Crippen molar-refractivity contribution in [2.75, 3.05) is 13.7 Å². The molecule has 2 aromatic carbocycles. The molecule has 166 valence electrons. The second kappa shape index (κ2) is 9.78. The van der Waals surface area contributed by atoms with Crippen molar-refractivity contribution in [2.45, 2.75) is 20.8 Å². The third kappa shape index (κ3) is 4.77. The number of nitro benzene ring substituents is 1. The van der Waals surface area contributed by atoms with Crippen molar-refractivity contribution in [3.05, 3.63) is 81.2 Å². The van der Waals surface area contributed by atoms with E-state index in [0.717, 1.165) is 17.0 Å². The van der Waals surface area contributed by atoms with Gasteiger partial charge in [-0.15, -0.1) is 0 Å². The number of nitrogens with one attached hydrogen (secondary N) is 1. The summed E-state index contributed by atoms with van der Waals surface area (Å²) in [6.07, 6.45) is 1.56. The van der Waals surface area contributed by atoms with E-state index >= 15 is 0 Å². The Morgan fingerprint density at radius 2 is 1.91 bits per heavy atom. The molecular formula is C23H24N4O5. The fourth-order valence-electron chi connectivity index (χ4n) is 3.35. The van der Waals surface area contributed by atoms with E-state index in [9.17, 15) is 14.9 Å². The van der Waals surface area contributed by atoms with Gasteiger partial charge in [0.15, 0.2) is 0 Å². The number of nitro groups is 1. The van der Waals surface area contributed by atoms with Crippen LogP contribution in [0.3, 0.4) is 0 Å².